The minimum atomic E-state index is -3.85. The van der Waals surface area contributed by atoms with Crippen LogP contribution in [0.4, 0.5) is 0 Å². The van der Waals surface area contributed by atoms with Crippen LogP contribution in [0.2, 0.25) is 0 Å². The summed E-state index contributed by atoms with van der Waals surface area (Å²) in [5.41, 5.74) is 0.627. The van der Waals surface area contributed by atoms with Crippen LogP contribution in [0.5, 0.6) is 0 Å². The third kappa shape index (κ3) is 3.14. The van der Waals surface area contributed by atoms with Gasteiger partial charge in [0.2, 0.25) is 10.0 Å². The van der Waals surface area contributed by atoms with Gasteiger partial charge in [-0.15, -0.1) is 0 Å². The monoisotopic (exact) mass is 372 g/mol. The first-order valence-electron chi connectivity index (χ1n) is 6.92. The van der Waals surface area contributed by atoms with Gasteiger partial charge in [0.1, 0.15) is 0 Å². The molecule has 0 atom stereocenters. The lowest BCUT2D eigenvalue weighted by Crippen LogP contribution is -2.31. The molecule has 114 valence electrons. The molecular formula is C14H17BrN2O3S. The molecule has 3 rings (SSSR count). The SMILES string of the molecule is NS(=O)(=O)c1cc(C(=O)NCC2(C3CC3)CC2)ccc1Br. The molecule has 3 N–H and O–H groups in total. The van der Waals surface area contributed by atoms with E-state index in [1.807, 2.05) is 0 Å². The van der Waals surface area contributed by atoms with Gasteiger partial charge in [-0.05, 0) is 71.1 Å². The van der Waals surface area contributed by atoms with E-state index in [1.54, 1.807) is 6.07 Å². The van der Waals surface area contributed by atoms with Crippen molar-refractivity contribution in [2.24, 2.45) is 16.5 Å². The predicted molar refractivity (Wildman–Crippen MR) is 82.2 cm³/mol. The van der Waals surface area contributed by atoms with Gasteiger partial charge in [0, 0.05) is 16.6 Å². The number of benzene rings is 1. The van der Waals surface area contributed by atoms with Crippen molar-refractivity contribution in [2.75, 3.05) is 6.54 Å². The van der Waals surface area contributed by atoms with Crippen LogP contribution in [0, 0.1) is 11.3 Å². The summed E-state index contributed by atoms with van der Waals surface area (Å²) in [6.07, 6.45) is 4.90. The zero-order valence-electron chi connectivity index (χ0n) is 11.4. The van der Waals surface area contributed by atoms with Crippen molar-refractivity contribution >= 4 is 31.9 Å². The molecule has 0 spiro atoms. The first-order chi connectivity index (χ1) is 9.82. The van der Waals surface area contributed by atoms with E-state index in [1.165, 1.54) is 37.8 Å². The van der Waals surface area contributed by atoms with Gasteiger partial charge in [-0.25, -0.2) is 13.6 Å². The highest BCUT2D eigenvalue weighted by Crippen LogP contribution is 2.60. The number of halogens is 1. The first kappa shape index (κ1) is 15.0. The second-order valence-corrected chi connectivity index (χ2v) is 8.39. The van der Waals surface area contributed by atoms with Crippen molar-refractivity contribution in [2.45, 2.75) is 30.6 Å². The van der Waals surface area contributed by atoms with E-state index in [0.29, 0.717) is 22.0 Å². The van der Waals surface area contributed by atoms with Crippen molar-refractivity contribution in [1.82, 2.24) is 5.32 Å². The lowest BCUT2D eigenvalue weighted by atomic mass is 10.0. The fraction of sp³-hybridized carbons (Fsp3) is 0.500. The van der Waals surface area contributed by atoms with Gasteiger partial charge in [-0.3, -0.25) is 4.79 Å². The Labute approximate surface area is 132 Å². The van der Waals surface area contributed by atoms with Gasteiger partial charge < -0.3 is 5.32 Å². The smallest absolute Gasteiger partial charge is 0.251 e. The number of carbonyl (C=O) groups excluding carboxylic acids is 1. The molecule has 0 heterocycles. The number of hydrogen-bond donors (Lipinski definition) is 2. The number of hydrogen-bond acceptors (Lipinski definition) is 3. The third-order valence-corrected chi connectivity index (χ3v) is 6.34. The molecule has 1 aromatic carbocycles. The quantitative estimate of drug-likeness (QED) is 0.828. The average Bonchev–Trinajstić information content (AvgIpc) is 3.25. The highest BCUT2D eigenvalue weighted by atomic mass is 79.9. The normalized spacial score (nSPS) is 20.1. The molecule has 1 amide bonds. The lowest BCUT2D eigenvalue weighted by molar-refractivity contribution is 0.0942. The van der Waals surface area contributed by atoms with Crippen LogP contribution in [0.3, 0.4) is 0 Å². The molecular weight excluding hydrogens is 356 g/mol. The van der Waals surface area contributed by atoms with Crippen LogP contribution in [-0.2, 0) is 10.0 Å². The zero-order chi connectivity index (χ0) is 15.3. The second kappa shape index (κ2) is 5.07. The summed E-state index contributed by atoms with van der Waals surface area (Å²) < 4.78 is 23.3. The summed E-state index contributed by atoms with van der Waals surface area (Å²) in [7, 11) is -3.85. The van der Waals surface area contributed by atoms with Crippen LogP contribution < -0.4 is 10.5 Å². The minimum absolute atomic E-state index is 0.0709. The average molecular weight is 373 g/mol. The minimum Gasteiger partial charge on any atom is -0.351 e. The number of amides is 1. The van der Waals surface area contributed by atoms with E-state index < -0.39 is 10.0 Å². The summed E-state index contributed by atoms with van der Waals surface area (Å²) in [5.74, 6) is 0.516. The fourth-order valence-electron chi connectivity index (χ4n) is 2.81. The van der Waals surface area contributed by atoms with E-state index in [9.17, 15) is 13.2 Å². The van der Waals surface area contributed by atoms with Crippen LogP contribution in [0.15, 0.2) is 27.6 Å². The number of nitrogens with one attached hydrogen (secondary N) is 1. The van der Waals surface area contributed by atoms with Gasteiger partial charge in [-0.2, -0.15) is 0 Å². The van der Waals surface area contributed by atoms with Crippen molar-refractivity contribution in [1.29, 1.82) is 0 Å². The molecule has 0 unspecified atom stereocenters. The Hall–Kier alpha value is -0.920. The van der Waals surface area contributed by atoms with E-state index in [4.69, 9.17) is 5.14 Å². The molecule has 2 aliphatic carbocycles. The molecule has 0 aliphatic heterocycles. The Morgan fingerprint density at radius 2 is 2.05 bits per heavy atom. The second-order valence-electron chi connectivity index (χ2n) is 6.01. The number of nitrogens with two attached hydrogens (primary N) is 1. The van der Waals surface area contributed by atoms with Crippen molar-refractivity contribution < 1.29 is 13.2 Å². The Morgan fingerprint density at radius 3 is 2.57 bits per heavy atom. The largest absolute Gasteiger partial charge is 0.351 e. The summed E-state index contributed by atoms with van der Waals surface area (Å²) in [6.45, 7) is 0.678. The number of rotatable bonds is 5. The predicted octanol–water partition coefficient (Wildman–Crippen LogP) is 2.02. The number of carbonyl (C=O) groups is 1. The first-order valence-corrected chi connectivity index (χ1v) is 9.26. The van der Waals surface area contributed by atoms with Gasteiger partial charge >= 0.3 is 0 Å². The maximum atomic E-state index is 12.2. The molecule has 0 aromatic heterocycles. The summed E-state index contributed by atoms with van der Waals surface area (Å²) in [4.78, 5) is 12.1. The van der Waals surface area contributed by atoms with Gasteiger partial charge in [-0.1, -0.05) is 0 Å². The summed E-state index contributed by atoms with van der Waals surface area (Å²) in [6, 6.07) is 4.43. The summed E-state index contributed by atoms with van der Waals surface area (Å²) >= 11 is 3.13. The molecule has 0 bridgehead atoms. The number of primary sulfonamides is 1. The van der Waals surface area contributed by atoms with E-state index >= 15 is 0 Å². The third-order valence-electron chi connectivity index (χ3n) is 4.44. The molecule has 0 radical (unpaired) electrons. The Bertz CT molecular complexity index is 694. The highest BCUT2D eigenvalue weighted by molar-refractivity contribution is 9.10. The lowest BCUT2D eigenvalue weighted by Gasteiger charge is -2.15. The van der Waals surface area contributed by atoms with Gasteiger partial charge in [0.15, 0.2) is 0 Å². The van der Waals surface area contributed by atoms with E-state index in [0.717, 1.165) is 5.92 Å². The van der Waals surface area contributed by atoms with Crippen molar-refractivity contribution in [3.05, 3.63) is 28.2 Å². The summed E-state index contributed by atoms with van der Waals surface area (Å²) in [5, 5.41) is 8.07. The topological polar surface area (TPSA) is 89.3 Å². The Kier molecular flexibility index (Phi) is 3.62. The molecule has 2 aliphatic rings. The van der Waals surface area contributed by atoms with Gasteiger partial charge in [0.25, 0.3) is 5.91 Å². The van der Waals surface area contributed by atoms with Crippen LogP contribution in [0.1, 0.15) is 36.0 Å². The van der Waals surface area contributed by atoms with E-state index in [2.05, 4.69) is 21.2 Å². The highest BCUT2D eigenvalue weighted by Gasteiger charge is 2.53. The van der Waals surface area contributed by atoms with Crippen molar-refractivity contribution in [3.63, 3.8) is 0 Å². The molecule has 5 nitrogen and oxygen atoms in total. The van der Waals surface area contributed by atoms with Gasteiger partial charge in [0.05, 0.1) is 4.90 Å². The maximum absolute atomic E-state index is 12.2. The molecule has 7 heteroatoms. The zero-order valence-corrected chi connectivity index (χ0v) is 13.8. The molecule has 21 heavy (non-hydrogen) atoms. The number of sulfonamides is 1. The van der Waals surface area contributed by atoms with Crippen LogP contribution in [-0.4, -0.2) is 20.9 Å². The van der Waals surface area contributed by atoms with Crippen molar-refractivity contribution in [3.8, 4) is 0 Å². The maximum Gasteiger partial charge on any atom is 0.251 e. The fourth-order valence-corrected chi connectivity index (χ4v) is 4.36. The molecule has 2 fully saturated rings. The molecule has 0 saturated heterocycles. The molecule has 2 saturated carbocycles. The van der Waals surface area contributed by atoms with Crippen LogP contribution >= 0.6 is 15.9 Å². The standard InChI is InChI=1S/C14H17BrN2O3S/c15-11-4-1-9(7-12(11)21(16,19)20)13(18)17-8-14(5-6-14)10-2-3-10/h1,4,7,10H,2-3,5-6,8H2,(H,17,18)(H2,16,19,20). The Morgan fingerprint density at radius 1 is 1.38 bits per heavy atom. The van der Waals surface area contributed by atoms with E-state index in [-0.39, 0.29) is 10.8 Å². The molecule has 1 aromatic rings. The Balaban J connectivity index is 1.73. The van der Waals surface area contributed by atoms with Crippen LogP contribution in [0.25, 0.3) is 0 Å².